The monoisotopic (exact) mass is 418 g/mol. The van der Waals surface area contributed by atoms with Gasteiger partial charge in [0.2, 0.25) is 17.8 Å². The van der Waals surface area contributed by atoms with E-state index in [0.29, 0.717) is 36.1 Å². The number of benzene rings is 2. The summed E-state index contributed by atoms with van der Waals surface area (Å²) in [7, 11) is 0. The smallest absolute Gasteiger partial charge is 0.233 e. The Morgan fingerprint density at radius 3 is 2.14 bits per heavy atom. The van der Waals surface area contributed by atoms with Gasteiger partial charge in [-0.15, -0.1) is 12.4 Å². The van der Waals surface area contributed by atoms with Crippen molar-refractivity contribution in [3.05, 3.63) is 59.6 Å². The number of aromatic nitrogens is 3. The van der Waals surface area contributed by atoms with Crippen LogP contribution < -0.4 is 15.5 Å². The van der Waals surface area contributed by atoms with Crippen LogP contribution in [0.25, 0.3) is 0 Å². The lowest BCUT2D eigenvalue weighted by Gasteiger charge is -2.27. The molecule has 4 rings (SSSR count). The van der Waals surface area contributed by atoms with Crippen LogP contribution in [0, 0.1) is 0 Å². The highest BCUT2D eigenvalue weighted by Crippen LogP contribution is 2.22. The summed E-state index contributed by atoms with van der Waals surface area (Å²) in [6.07, 6.45) is 0. The molecular formula is C19H20Cl2N6O. The van der Waals surface area contributed by atoms with Crippen LogP contribution in [0.5, 0.6) is 0 Å². The second-order valence-electron chi connectivity index (χ2n) is 6.01. The molecule has 1 aromatic heterocycles. The normalized spacial score (nSPS) is 13.5. The molecule has 0 spiro atoms. The molecule has 1 aliphatic heterocycles. The van der Waals surface area contributed by atoms with E-state index in [-0.39, 0.29) is 12.4 Å². The van der Waals surface area contributed by atoms with Crippen molar-refractivity contribution in [1.29, 1.82) is 0 Å². The number of nitrogens with zero attached hydrogens (tertiary/aromatic N) is 4. The van der Waals surface area contributed by atoms with Gasteiger partial charge in [0.15, 0.2) is 0 Å². The van der Waals surface area contributed by atoms with Crippen molar-refractivity contribution in [2.24, 2.45) is 0 Å². The first-order valence-electron chi connectivity index (χ1n) is 8.70. The number of morpholine rings is 1. The Hall–Kier alpha value is -2.61. The van der Waals surface area contributed by atoms with Gasteiger partial charge in [0.05, 0.1) is 13.2 Å². The Balaban J connectivity index is 0.00000225. The van der Waals surface area contributed by atoms with Crippen molar-refractivity contribution < 1.29 is 4.74 Å². The van der Waals surface area contributed by atoms with Crippen molar-refractivity contribution in [2.45, 2.75) is 0 Å². The number of hydrogen-bond acceptors (Lipinski definition) is 7. The summed E-state index contributed by atoms with van der Waals surface area (Å²) >= 11 is 6.08. The number of halogens is 2. The van der Waals surface area contributed by atoms with Gasteiger partial charge >= 0.3 is 0 Å². The largest absolute Gasteiger partial charge is 0.378 e. The highest BCUT2D eigenvalue weighted by Gasteiger charge is 2.17. The van der Waals surface area contributed by atoms with Gasteiger partial charge in [-0.3, -0.25) is 0 Å². The maximum Gasteiger partial charge on any atom is 0.233 e. The molecule has 2 heterocycles. The number of ether oxygens (including phenoxy) is 1. The van der Waals surface area contributed by atoms with E-state index >= 15 is 0 Å². The van der Waals surface area contributed by atoms with Crippen molar-refractivity contribution in [1.82, 2.24) is 15.0 Å². The summed E-state index contributed by atoms with van der Waals surface area (Å²) in [5.41, 5.74) is 1.72. The van der Waals surface area contributed by atoms with Crippen LogP contribution in [-0.4, -0.2) is 41.3 Å². The van der Waals surface area contributed by atoms with Gasteiger partial charge in [-0.25, -0.2) is 0 Å². The molecule has 1 fully saturated rings. The molecular weight excluding hydrogens is 399 g/mol. The molecule has 1 aliphatic rings. The van der Waals surface area contributed by atoms with E-state index in [9.17, 15) is 0 Å². The Bertz CT molecular complexity index is 906. The molecule has 3 aromatic rings. The lowest BCUT2D eigenvalue weighted by atomic mass is 10.3. The average molecular weight is 419 g/mol. The summed E-state index contributed by atoms with van der Waals surface area (Å²) in [5, 5.41) is 7.08. The van der Waals surface area contributed by atoms with E-state index in [4.69, 9.17) is 16.3 Å². The van der Waals surface area contributed by atoms with Crippen LogP contribution in [0.1, 0.15) is 0 Å². The molecule has 28 heavy (non-hydrogen) atoms. The summed E-state index contributed by atoms with van der Waals surface area (Å²) in [6, 6.07) is 17.2. The van der Waals surface area contributed by atoms with E-state index in [1.165, 1.54) is 0 Å². The maximum atomic E-state index is 6.08. The third-order valence-electron chi connectivity index (χ3n) is 4.03. The Labute approximate surface area is 174 Å². The predicted octanol–water partition coefficient (Wildman–Crippen LogP) is 4.27. The lowest BCUT2D eigenvalue weighted by Crippen LogP contribution is -2.37. The highest BCUT2D eigenvalue weighted by molar-refractivity contribution is 6.30. The second kappa shape index (κ2) is 9.54. The van der Waals surface area contributed by atoms with Crippen LogP contribution in [0.3, 0.4) is 0 Å². The summed E-state index contributed by atoms with van der Waals surface area (Å²) in [6.45, 7) is 2.80. The third kappa shape index (κ3) is 5.22. The molecule has 0 aliphatic carbocycles. The zero-order chi connectivity index (χ0) is 18.5. The number of rotatable bonds is 5. The average Bonchev–Trinajstić information content (AvgIpc) is 2.69. The SMILES string of the molecule is Cl.Clc1cccc(Nc2nc(Nc3ccccc3)nc(N3CCOCC3)n2)c1. The second-order valence-corrected chi connectivity index (χ2v) is 6.44. The third-order valence-corrected chi connectivity index (χ3v) is 4.26. The molecule has 7 nitrogen and oxygen atoms in total. The molecule has 146 valence electrons. The molecule has 0 saturated carbocycles. The minimum atomic E-state index is 0. The first-order valence-corrected chi connectivity index (χ1v) is 9.07. The molecule has 0 unspecified atom stereocenters. The summed E-state index contributed by atoms with van der Waals surface area (Å²) < 4.78 is 5.43. The molecule has 0 bridgehead atoms. The Morgan fingerprint density at radius 2 is 1.46 bits per heavy atom. The van der Waals surface area contributed by atoms with Gasteiger partial charge in [0, 0.05) is 29.5 Å². The van der Waals surface area contributed by atoms with E-state index in [1.54, 1.807) is 0 Å². The number of para-hydroxylation sites is 1. The van der Waals surface area contributed by atoms with Gasteiger partial charge in [-0.05, 0) is 30.3 Å². The molecule has 0 atom stereocenters. The zero-order valence-electron chi connectivity index (χ0n) is 15.0. The predicted molar refractivity (Wildman–Crippen MR) is 115 cm³/mol. The van der Waals surface area contributed by atoms with Crippen LogP contribution >= 0.6 is 24.0 Å². The van der Waals surface area contributed by atoms with E-state index in [0.717, 1.165) is 24.5 Å². The lowest BCUT2D eigenvalue weighted by molar-refractivity contribution is 0.122. The number of anilines is 5. The van der Waals surface area contributed by atoms with E-state index < -0.39 is 0 Å². The van der Waals surface area contributed by atoms with Gasteiger partial charge in [-0.1, -0.05) is 35.9 Å². The number of hydrogen-bond donors (Lipinski definition) is 2. The maximum absolute atomic E-state index is 6.08. The zero-order valence-corrected chi connectivity index (χ0v) is 16.6. The van der Waals surface area contributed by atoms with E-state index in [1.807, 2.05) is 54.6 Å². The molecule has 9 heteroatoms. The van der Waals surface area contributed by atoms with Crippen LogP contribution in [-0.2, 0) is 4.74 Å². The summed E-state index contributed by atoms with van der Waals surface area (Å²) in [4.78, 5) is 15.8. The van der Waals surface area contributed by atoms with E-state index in [2.05, 4.69) is 30.5 Å². The Morgan fingerprint density at radius 1 is 0.821 bits per heavy atom. The van der Waals surface area contributed by atoms with Crippen molar-refractivity contribution in [3.8, 4) is 0 Å². The van der Waals surface area contributed by atoms with Crippen molar-refractivity contribution >= 4 is 53.2 Å². The quantitative estimate of drug-likeness (QED) is 0.640. The van der Waals surface area contributed by atoms with Gasteiger partial charge < -0.3 is 20.3 Å². The Kier molecular flexibility index (Phi) is 6.86. The van der Waals surface area contributed by atoms with Crippen LogP contribution in [0.4, 0.5) is 29.2 Å². The number of nitrogens with one attached hydrogen (secondary N) is 2. The first kappa shape index (κ1) is 20.1. The van der Waals surface area contributed by atoms with Crippen molar-refractivity contribution in [2.75, 3.05) is 41.8 Å². The molecule has 2 aromatic carbocycles. The van der Waals surface area contributed by atoms with Gasteiger partial charge in [0.25, 0.3) is 0 Å². The topological polar surface area (TPSA) is 75.2 Å². The summed E-state index contributed by atoms with van der Waals surface area (Å²) in [5.74, 6) is 1.53. The first-order chi connectivity index (χ1) is 13.3. The minimum absolute atomic E-state index is 0. The molecule has 2 N–H and O–H groups in total. The van der Waals surface area contributed by atoms with Crippen molar-refractivity contribution in [3.63, 3.8) is 0 Å². The van der Waals surface area contributed by atoms with Gasteiger partial charge in [-0.2, -0.15) is 15.0 Å². The fraction of sp³-hybridized carbons (Fsp3) is 0.211. The van der Waals surface area contributed by atoms with Crippen LogP contribution in [0.2, 0.25) is 5.02 Å². The highest BCUT2D eigenvalue weighted by atomic mass is 35.5. The standard InChI is InChI=1S/C19H19ClN6O.ClH/c20-14-5-4-8-16(13-14)22-18-23-17(21-15-6-2-1-3-7-15)24-19(25-18)26-9-11-27-12-10-26;/h1-8,13H,9-12H2,(H2,21,22,23,24,25);1H. The minimum Gasteiger partial charge on any atom is -0.378 e. The fourth-order valence-corrected chi connectivity index (χ4v) is 2.92. The molecule has 0 amide bonds. The van der Waals surface area contributed by atoms with Crippen LogP contribution in [0.15, 0.2) is 54.6 Å². The van der Waals surface area contributed by atoms with Gasteiger partial charge in [0.1, 0.15) is 0 Å². The fourth-order valence-electron chi connectivity index (χ4n) is 2.73. The molecule has 0 radical (unpaired) electrons. The molecule has 1 saturated heterocycles.